The van der Waals surface area contributed by atoms with Gasteiger partial charge in [-0.15, -0.1) is 0 Å². The molecular formula is C19H24ClN3O2. The van der Waals surface area contributed by atoms with E-state index in [1.807, 2.05) is 24.1 Å². The molecule has 0 bridgehead atoms. The van der Waals surface area contributed by atoms with E-state index in [0.29, 0.717) is 22.2 Å². The number of benzene rings is 1. The maximum Gasteiger partial charge on any atom is 0.260 e. The van der Waals surface area contributed by atoms with E-state index in [4.69, 9.17) is 16.3 Å². The average Bonchev–Trinajstić information content (AvgIpc) is 2.66. The fraction of sp³-hybridized carbons (Fsp3) is 0.474. The minimum Gasteiger partial charge on any atom is -0.481 e. The van der Waals surface area contributed by atoms with E-state index in [1.165, 1.54) is 6.42 Å². The highest BCUT2D eigenvalue weighted by Crippen LogP contribution is 2.29. The van der Waals surface area contributed by atoms with Crippen molar-refractivity contribution in [2.24, 2.45) is 5.92 Å². The van der Waals surface area contributed by atoms with E-state index in [9.17, 15) is 4.79 Å². The van der Waals surface area contributed by atoms with Crippen molar-refractivity contribution < 1.29 is 9.53 Å². The second-order valence-electron chi connectivity index (χ2n) is 6.45. The molecule has 1 aromatic carbocycles. The summed E-state index contributed by atoms with van der Waals surface area (Å²) in [4.78, 5) is 18.7. The maximum atomic E-state index is 12.4. The van der Waals surface area contributed by atoms with Gasteiger partial charge in [0.25, 0.3) is 5.91 Å². The van der Waals surface area contributed by atoms with Crippen molar-refractivity contribution in [2.45, 2.75) is 19.3 Å². The molecular weight excluding hydrogens is 338 g/mol. The first-order valence-corrected chi connectivity index (χ1v) is 9.15. The number of ether oxygens (including phenoxy) is 1. The third kappa shape index (κ3) is 4.41. The quantitative estimate of drug-likeness (QED) is 0.858. The molecule has 1 aliphatic rings. The van der Waals surface area contributed by atoms with Gasteiger partial charge in [0.2, 0.25) is 0 Å². The molecule has 1 fully saturated rings. The fourth-order valence-corrected chi connectivity index (χ4v) is 3.49. The summed E-state index contributed by atoms with van der Waals surface area (Å²) in [6.45, 7) is 2.71. The van der Waals surface area contributed by atoms with Gasteiger partial charge in [-0.2, -0.15) is 0 Å². The highest BCUT2D eigenvalue weighted by Gasteiger charge is 2.23. The van der Waals surface area contributed by atoms with Crippen molar-refractivity contribution in [1.29, 1.82) is 0 Å². The molecule has 2 heterocycles. The molecule has 1 saturated heterocycles. The molecule has 3 rings (SSSR count). The summed E-state index contributed by atoms with van der Waals surface area (Å²) in [7, 11) is 1.98. The van der Waals surface area contributed by atoms with Gasteiger partial charge in [-0.25, -0.2) is 0 Å². The van der Waals surface area contributed by atoms with Crippen molar-refractivity contribution in [2.75, 3.05) is 33.3 Å². The molecule has 1 aliphatic heterocycles. The van der Waals surface area contributed by atoms with Crippen molar-refractivity contribution in [3.63, 3.8) is 0 Å². The summed E-state index contributed by atoms with van der Waals surface area (Å²) >= 11 is 6.19. The van der Waals surface area contributed by atoms with E-state index in [0.717, 1.165) is 37.9 Å². The van der Waals surface area contributed by atoms with Gasteiger partial charge in [-0.1, -0.05) is 11.6 Å². The maximum absolute atomic E-state index is 12.4. The number of likely N-dealkylation sites (tertiary alicyclic amines) is 1. The molecule has 1 N–H and O–H groups in total. The molecule has 5 nitrogen and oxygen atoms in total. The van der Waals surface area contributed by atoms with Gasteiger partial charge in [0.05, 0.1) is 5.02 Å². The molecule has 134 valence electrons. The average molecular weight is 362 g/mol. The Hall–Kier alpha value is -1.85. The zero-order valence-corrected chi connectivity index (χ0v) is 15.3. The lowest BCUT2D eigenvalue weighted by Crippen LogP contribution is -2.41. The summed E-state index contributed by atoms with van der Waals surface area (Å²) in [6.07, 6.45) is 5.01. The highest BCUT2D eigenvalue weighted by molar-refractivity contribution is 6.35. The van der Waals surface area contributed by atoms with Gasteiger partial charge in [0.1, 0.15) is 11.3 Å². The molecule has 0 aliphatic carbocycles. The van der Waals surface area contributed by atoms with E-state index in [1.54, 1.807) is 18.3 Å². The predicted molar refractivity (Wildman–Crippen MR) is 100 cm³/mol. The topological polar surface area (TPSA) is 54.5 Å². The Morgan fingerprint density at radius 2 is 2.16 bits per heavy atom. The number of hydrogen-bond donors (Lipinski definition) is 1. The molecule has 0 saturated carbocycles. The lowest BCUT2D eigenvalue weighted by molar-refractivity contribution is -0.134. The zero-order chi connectivity index (χ0) is 17.6. The number of carbonyl (C=O) groups excluding carboxylic acids is 1. The monoisotopic (exact) mass is 361 g/mol. The number of fused-ring (bicyclic) bond motifs is 1. The first-order chi connectivity index (χ1) is 12.2. The van der Waals surface area contributed by atoms with Gasteiger partial charge in [-0.05, 0) is 63.0 Å². The van der Waals surface area contributed by atoms with Crippen LogP contribution in [0.2, 0.25) is 5.02 Å². The minimum absolute atomic E-state index is 0.0334. The number of pyridine rings is 1. The smallest absolute Gasteiger partial charge is 0.260 e. The first kappa shape index (κ1) is 18.0. The van der Waals surface area contributed by atoms with Gasteiger partial charge in [0.15, 0.2) is 6.61 Å². The van der Waals surface area contributed by atoms with Crippen LogP contribution in [-0.2, 0) is 4.79 Å². The van der Waals surface area contributed by atoms with E-state index in [-0.39, 0.29) is 12.5 Å². The van der Waals surface area contributed by atoms with Crippen LogP contribution in [-0.4, -0.2) is 49.1 Å². The van der Waals surface area contributed by atoms with Crippen LogP contribution in [0.5, 0.6) is 5.75 Å². The fourth-order valence-electron chi connectivity index (χ4n) is 3.28. The largest absolute Gasteiger partial charge is 0.481 e. The second kappa shape index (κ2) is 8.50. The molecule has 6 heteroatoms. The zero-order valence-electron chi connectivity index (χ0n) is 14.5. The Labute approximate surface area is 153 Å². The second-order valence-corrected chi connectivity index (χ2v) is 6.86. The molecule has 0 radical (unpaired) electrons. The number of hydrogen-bond acceptors (Lipinski definition) is 4. The molecule has 25 heavy (non-hydrogen) atoms. The van der Waals surface area contributed by atoms with Crippen LogP contribution in [0.3, 0.4) is 0 Å². The van der Waals surface area contributed by atoms with Gasteiger partial charge in [-0.3, -0.25) is 9.78 Å². The SMILES string of the molecule is CNCCC1CCN(C(=O)COc2ccc(Cl)c3cccnc23)CC1. The lowest BCUT2D eigenvalue weighted by atomic mass is 9.93. The third-order valence-electron chi connectivity index (χ3n) is 4.80. The number of aromatic nitrogens is 1. The summed E-state index contributed by atoms with van der Waals surface area (Å²) in [5.41, 5.74) is 0.688. The molecule has 0 spiro atoms. The summed E-state index contributed by atoms with van der Waals surface area (Å²) in [5, 5.41) is 4.65. The Morgan fingerprint density at radius 3 is 2.92 bits per heavy atom. The number of halogens is 1. The van der Waals surface area contributed by atoms with Gasteiger partial charge >= 0.3 is 0 Å². The molecule has 2 aromatic rings. The van der Waals surface area contributed by atoms with Crippen molar-refractivity contribution in [3.05, 3.63) is 35.5 Å². The summed E-state index contributed by atoms with van der Waals surface area (Å²) in [5.74, 6) is 1.34. The predicted octanol–water partition coefficient (Wildman–Crippen LogP) is 3.12. The number of nitrogens with zero attached hydrogens (tertiary/aromatic N) is 2. The van der Waals surface area contributed by atoms with E-state index >= 15 is 0 Å². The standard InChI is InChI=1S/C19H24ClN3O2/c1-21-10-6-14-7-11-23(12-8-14)18(24)13-25-17-5-4-16(20)15-3-2-9-22-19(15)17/h2-5,9,14,21H,6-8,10-13H2,1H3. The van der Waals surface area contributed by atoms with Crippen LogP contribution in [0.1, 0.15) is 19.3 Å². The van der Waals surface area contributed by atoms with Gasteiger partial charge < -0.3 is 15.0 Å². The number of carbonyl (C=O) groups is 1. The number of amides is 1. The van der Waals surface area contributed by atoms with Crippen LogP contribution in [0.15, 0.2) is 30.5 Å². The number of nitrogens with one attached hydrogen (secondary N) is 1. The first-order valence-electron chi connectivity index (χ1n) is 8.77. The lowest BCUT2D eigenvalue weighted by Gasteiger charge is -2.32. The van der Waals surface area contributed by atoms with E-state index in [2.05, 4.69) is 10.3 Å². The normalized spacial score (nSPS) is 15.5. The van der Waals surface area contributed by atoms with Crippen LogP contribution < -0.4 is 10.1 Å². The van der Waals surface area contributed by atoms with Crippen molar-refractivity contribution >= 4 is 28.4 Å². The van der Waals surface area contributed by atoms with Crippen molar-refractivity contribution in [1.82, 2.24) is 15.2 Å². The van der Waals surface area contributed by atoms with Crippen LogP contribution in [0, 0.1) is 5.92 Å². The Morgan fingerprint density at radius 1 is 1.36 bits per heavy atom. The van der Waals surface area contributed by atoms with Gasteiger partial charge in [0, 0.05) is 24.7 Å². The Bertz CT molecular complexity index is 730. The van der Waals surface area contributed by atoms with Crippen LogP contribution in [0.25, 0.3) is 10.9 Å². The molecule has 1 amide bonds. The Kier molecular flexibility index (Phi) is 6.10. The highest BCUT2D eigenvalue weighted by atomic mass is 35.5. The minimum atomic E-state index is 0.0334. The van der Waals surface area contributed by atoms with Crippen LogP contribution >= 0.6 is 11.6 Å². The summed E-state index contributed by atoms with van der Waals surface area (Å²) in [6, 6.07) is 7.28. The molecule has 0 unspecified atom stereocenters. The number of piperidine rings is 1. The van der Waals surface area contributed by atoms with E-state index < -0.39 is 0 Å². The molecule has 0 atom stereocenters. The Balaban J connectivity index is 1.56. The number of rotatable bonds is 6. The van der Waals surface area contributed by atoms with Crippen LogP contribution in [0.4, 0.5) is 0 Å². The third-order valence-corrected chi connectivity index (χ3v) is 5.13. The summed E-state index contributed by atoms with van der Waals surface area (Å²) < 4.78 is 5.76. The van der Waals surface area contributed by atoms with Crippen molar-refractivity contribution in [3.8, 4) is 5.75 Å². The molecule has 1 aromatic heterocycles.